The first-order valence-electron chi connectivity index (χ1n) is 6.70. The van der Waals surface area contributed by atoms with E-state index in [9.17, 15) is 4.79 Å². The summed E-state index contributed by atoms with van der Waals surface area (Å²) in [7, 11) is 2.22. The summed E-state index contributed by atoms with van der Waals surface area (Å²) in [5.41, 5.74) is 0. The number of ether oxygens (including phenoxy) is 1. The van der Waals surface area contributed by atoms with Crippen LogP contribution in [0.4, 0.5) is 0 Å². The van der Waals surface area contributed by atoms with Crippen molar-refractivity contribution >= 4 is 21.9 Å². The molecule has 0 fully saturated rings. The van der Waals surface area contributed by atoms with Crippen LogP contribution in [-0.4, -0.2) is 43.2 Å². The van der Waals surface area contributed by atoms with Gasteiger partial charge < -0.3 is 13.6 Å². The van der Waals surface area contributed by atoms with Crippen LogP contribution in [-0.2, 0) is 4.74 Å². The fraction of sp³-hybridized carbons (Fsp3) is 0.643. The van der Waals surface area contributed by atoms with Crippen molar-refractivity contribution in [3.8, 4) is 0 Å². The highest BCUT2D eigenvalue weighted by atomic mass is 79.9. The van der Waals surface area contributed by atoms with Crippen molar-refractivity contribution in [2.24, 2.45) is 0 Å². The lowest BCUT2D eigenvalue weighted by Gasteiger charge is -2.32. The molecule has 1 aromatic rings. The average Bonchev–Trinajstić information content (AvgIpc) is 2.83. The Labute approximate surface area is 123 Å². The fourth-order valence-electron chi connectivity index (χ4n) is 1.76. The quantitative estimate of drug-likeness (QED) is 0.567. The van der Waals surface area contributed by atoms with E-state index in [0.717, 1.165) is 30.5 Å². The Kier molecular flexibility index (Phi) is 6.07. The van der Waals surface area contributed by atoms with Gasteiger partial charge in [0.25, 0.3) is 0 Å². The highest BCUT2D eigenvalue weighted by Gasteiger charge is 2.20. The number of quaternary nitrogens is 1. The number of carbonyl (C=O) groups excluding carboxylic acids is 1. The molecule has 0 aliphatic carbocycles. The van der Waals surface area contributed by atoms with E-state index in [4.69, 9.17) is 9.15 Å². The molecular formula is C14H23BrNO3+. The van der Waals surface area contributed by atoms with Gasteiger partial charge in [0.1, 0.15) is 6.10 Å². The molecule has 0 amide bonds. The zero-order valence-electron chi connectivity index (χ0n) is 12.1. The molecule has 0 unspecified atom stereocenters. The zero-order chi connectivity index (χ0) is 14.5. The number of carbonyl (C=O) groups is 1. The first kappa shape index (κ1) is 16.2. The van der Waals surface area contributed by atoms with Gasteiger partial charge in [-0.15, -0.1) is 0 Å². The van der Waals surface area contributed by atoms with Crippen LogP contribution < -0.4 is 0 Å². The Hall–Kier alpha value is -0.810. The molecule has 0 N–H and O–H groups in total. The van der Waals surface area contributed by atoms with Gasteiger partial charge in [0.15, 0.2) is 4.67 Å². The van der Waals surface area contributed by atoms with Gasteiger partial charge in [-0.3, -0.25) is 0 Å². The molecule has 0 bridgehead atoms. The summed E-state index contributed by atoms with van der Waals surface area (Å²) >= 11 is 3.17. The molecule has 0 saturated carbocycles. The third kappa shape index (κ3) is 4.99. The summed E-state index contributed by atoms with van der Waals surface area (Å²) in [4.78, 5) is 11.8. The second-order valence-corrected chi connectivity index (χ2v) is 5.87. The number of hydrogen-bond acceptors (Lipinski definition) is 3. The van der Waals surface area contributed by atoms with Crippen LogP contribution >= 0.6 is 15.9 Å². The van der Waals surface area contributed by atoms with E-state index in [2.05, 4.69) is 36.8 Å². The van der Waals surface area contributed by atoms with Gasteiger partial charge in [-0.1, -0.05) is 0 Å². The summed E-state index contributed by atoms with van der Waals surface area (Å²) in [6.45, 7) is 9.46. The normalized spacial score (nSPS) is 13.3. The van der Waals surface area contributed by atoms with Gasteiger partial charge in [0.2, 0.25) is 5.76 Å². The van der Waals surface area contributed by atoms with Gasteiger partial charge in [-0.25, -0.2) is 4.79 Å². The Morgan fingerprint density at radius 2 is 2.05 bits per heavy atom. The van der Waals surface area contributed by atoms with Crippen molar-refractivity contribution in [1.82, 2.24) is 0 Å². The van der Waals surface area contributed by atoms with Crippen LogP contribution in [0.15, 0.2) is 21.2 Å². The molecule has 108 valence electrons. The van der Waals surface area contributed by atoms with Crippen LogP contribution in [0.3, 0.4) is 0 Å². The first-order valence-corrected chi connectivity index (χ1v) is 7.49. The van der Waals surface area contributed by atoms with Crippen molar-refractivity contribution in [2.75, 3.05) is 26.7 Å². The molecule has 0 spiro atoms. The average molecular weight is 333 g/mol. The molecule has 0 radical (unpaired) electrons. The third-order valence-electron chi connectivity index (χ3n) is 3.68. The maximum atomic E-state index is 11.8. The smallest absolute Gasteiger partial charge is 0.374 e. The Bertz CT molecular complexity index is 413. The highest BCUT2D eigenvalue weighted by molar-refractivity contribution is 9.10. The van der Waals surface area contributed by atoms with Crippen LogP contribution in [0.1, 0.15) is 37.7 Å². The molecule has 1 heterocycles. The molecule has 1 atom stereocenters. The van der Waals surface area contributed by atoms with Crippen LogP contribution in [0.25, 0.3) is 0 Å². The van der Waals surface area contributed by atoms with Crippen molar-refractivity contribution in [3.05, 3.63) is 22.6 Å². The Morgan fingerprint density at radius 3 is 2.53 bits per heavy atom. The molecule has 0 aliphatic rings. The van der Waals surface area contributed by atoms with E-state index >= 15 is 0 Å². The van der Waals surface area contributed by atoms with Gasteiger partial charge in [0, 0.05) is 6.42 Å². The molecule has 19 heavy (non-hydrogen) atoms. The topological polar surface area (TPSA) is 39.4 Å². The molecular weight excluding hydrogens is 310 g/mol. The molecule has 0 aliphatic heterocycles. The number of nitrogens with zero attached hydrogens (tertiary/aromatic N) is 1. The van der Waals surface area contributed by atoms with Gasteiger partial charge in [0.05, 0.1) is 26.7 Å². The van der Waals surface area contributed by atoms with Crippen LogP contribution in [0.5, 0.6) is 0 Å². The minimum absolute atomic E-state index is 0.105. The molecule has 5 heteroatoms. The van der Waals surface area contributed by atoms with Gasteiger partial charge in [-0.2, -0.15) is 0 Å². The lowest BCUT2D eigenvalue weighted by molar-refractivity contribution is -0.906. The van der Waals surface area contributed by atoms with Gasteiger partial charge >= 0.3 is 5.97 Å². The van der Waals surface area contributed by atoms with E-state index in [1.165, 1.54) is 0 Å². The second kappa shape index (κ2) is 7.10. The standard InChI is InChI=1S/C14H23BrNO3/c1-5-16(4,6-2)10-9-11(3)18-14(17)12-7-8-13(15)19-12/h7-8,11H,5-6,9-10H2,1-4H3/q+1/t11-/m0/s1. The van der Waals surface area contributed by atoms with E-state index in [-0.39, 0.29) is 11.9 Å². The molecule has 0 aromatic carbocycles. The SMILES string of the molecule is CC[N+](C)(CC)CC[C@H](C)OC(=O)c1ccc(Br)o1. The Balaban J connectivity index is 2.43. The molecule has 1 rings (SSSR count). The van der Waals surface area contributed by atoms with E-state index < -0.39 is 5.97 Å². The van der Waals surface area contributed by atoms with Crippen molar-refractivity contribution in [1.29, 1.82) is 0 Å². The van der Waals surface area contributed by atoms with E-state index in [1.807, 2.05) is 6.92 Å². The zero-order valence-corrected chi connectivity index (χ0v) is 13.7. The van der Waals surface area contributed by atoms with Crippen molar-refractivity contribution in [3.63, 3.8) is 0 Å². The summed E-state index contributed by atoms with van der Waals surface area (Å²) in [6.07, 6.45) is 0.748. The summed E-state index contributed by atoms with van der Waals surface area (Å²) in [5.74, 6) is -0.164. The predicted octanol–water partition coefficient (Wildman–Crippen LogP) is 3.46. The maximum absolute atomic E-state index is 11.8. The first-order chi connectivity index (χ1) is 8.90. The summed E-state index contributed by atoms with van der Waals surface area (Å²) in [5, 5.41) is 0. The molecule has 0 saturated heterocycles. The number of furan rings is 1. The summed E-state index contributed by atoms with van der Waals surface area (Å²) < 4.78 is 12.1. The fourth-order valence-corrected chi connectivity index (χ4v) is 2.06. The predicted molar refractivity (Wildman–Crippen MR) is 78.0 cm³/mol. The monoisotopic (exact) mass is 332 g/mol. The van der Waals surface area contributed by atoms with Crippen LogP contribution in [0.2, 0.25) is 0 Å². The van der Waals surface area contributed by atoms with Gasteiger partial charge in [-0.05, 0) is 48.8 Å². The van der Waals surface area contributed by atoms with Crippen molar-refractivity contribution in [2.45, 2.75) is 33.3 Å². The summed E-state index contributed by atoms with van der Waals surface area (Å²) in [6, 6.07) is 3.29. The minimum atomic E-state index is -0.402. The van der Waals surface area contributed by atoms with E-state index in [0.29, 0.717) is 4.67 Å². The number of hydrogen-bond donors (Lipinski definition) is 0. The maximum Gasteiger partial charge on any atom is 0.374 e. The number of esters is 1. The number of halogens is 1. The van der Waals surface area contributed by atoms with E-state index in [1.54, 1.807) is 12.1 Å². The van der Waals surface area contributed by atoms with Crippen molar-refractivity contribution < 1.29 is 18.4 Å². The highest BCUT2D eigenvalue weighted by Crippen LogP contribution is 2.16. The number of rotatable bonds is 7. The lowest BCUT2D eigenvalue weighted by atomic mass is 10.2. The second-order valence-electron chi connectivity index (χ2n) is 5.08. The van der Waals surface area contributed by atoms with Crippen LogP contribution in [0, 0.1) is 0 Å². The lowest BCUT2D eigenvalue weighted by Crippen LogP contribution is -2.45. The third-order valence-corrected chi connectivity index (χ3v) is 4.11. The molecule has 1 aromatic heterocycles. The Morgan fingerprint density at radius 1 is 1.42 bits per heavy atom. The minimum Gasteiger partial charge on any atom is -0.457 e. The largest absolute Gasteiger partial charge is 0.457 e. The molecule has 4 nitrogen and oxygen atoms in total.